The molecule has 0 saturated carbocycles. The fourth-order valence-corrected chi connectivity index (χ4v) is 4.30. The molecule has 1 fully saturated rings. The SMILES string of the molecule is Cc1cc(OCCN2c3ccccc3Oc3ccccc32)ccc1C1(C(=O)O)OCCCO1. The summed E-state index contributed by atoms with van der Waals surface area (Å²) in [5.41, 5.74) is 3.19. The monoisotopic (exact) mass is 447 g/mol. The van der Waals surface area contributed by atoms with E-state index in [1.807, 2.05) is 61.5 Å². The van der Waals surface area contributed by atoms with E-state index in [1.54, 1.807) is 12.1 Å². The highest BCUT2D eigenvalue weighted by Gasteiger charge is 2.46. The molecule has 0 unspecified atom stereocenters. The quantitative estimate of drug-likeness (QED) is 0.570. The maximum Gasteiger partial charge on any atom is 0.369 e. The molecule has 3 aromatic carbocycles. The molecule has 0 spiro atoms. The summed E-state index contributed by atoms with van der Waals surface area (Å²) in [6.45, 7) is 3.56. The zero-order valence-corrected chi connectivity index (χ0v) is 18.3. The summed E-state index contributed by atoms with van der Waals surface area (Å²) in [6, 6.07) is 21.1. The molecule has 2 aliphatic rings. The van der Waals surface area contributed by atoms with Crippen molar-refractivity contribution in [3.8, 4) is 17.2 Å². The number of carboxylic acid groups (broad SMARTS) is 1. The Morgan fingerprint density at radius 2 is 1.64 bits per heavy atom. The number of benzene rings is 3. The lowest BCUT2D eigenvalue weighted by atomic mass is 9.99. The van der Waals surface area contributed by atoms with Gasteiger partial charge in [0.25, 0.3) is 5.79 Å². The first-order chi connectivity index (χ1) is 16.1. The summed E-state index contributed by atoms with van der Waals surface area (Å²) in [7, 11) is 0. The Morgan fingerprint density at radius 1 is 1.00 bits per heavy atom. The minimum absolute atomic E-state index is 0.340. The first-order valence-electron chi connectivity index (χ1n) is 11.0. The van der Waals surface area contributed by atoms with Gasteiger partial charge in [0.05, 0.1) is 31.1 Å². The number of para-hydroxylation sites is 4. The van der Waals surface area contributed by atoms with Crippen LogP contribution in [0.5, 0.6) is 17.2 Å². The van der Waals surface area contributed by atoms with Crippen molar-refractivity contribution in [2.75, 3.05) is 31.3 Å². The average Bonchev–Trinajstić information content (AvgIpc) is 2.84. The molecule has 1 saturated heterocycles. The predicted octanol–water partition coefficient (Wildman–Crippen LogP) is 4.99. The average molecular weight is 447 g/mol. The van der Waals surface area contributed by atoms with Gasteiger partial charge in [0.15, 0.2) is 11.5 Å². The molecule has 7 heteroatoms. The van der Waals surface area contributed by atoms with Crippen LogP contribution in [0.3, 0.4) is 0 Å². The molecule has 0 amide bonds. The lowest BCUT2D eigenvalue weighted by Gasteiger charge is -2.34. The van der Waals surface area contributed by atoms with Gasteiger partial charge in [-0.05, 0) is 61.4 Å². The number of carbonyl (C=O) groups is 1. The number of carboxylic acids is 1. The highest BCUT2D eigenvalue weighted by Crippen LogP contribution is 2.46. The maximum absolute atomic E-state index is 12.0. The van der Waals surface area contributed by atoms with Crippen molar-refractivity contribution in [3.63, 3.8) is 0 Å². The number of anilines is 2. The fourth-order valence-electron chi connectivity index (χ4n) is 4.30. The topological polar surface area (TPSA) is 77.5 Å². The van der Waals surface area contributed by atoms with Gasteiger partial charge < -0.3 is 29.0 Å². The predicted molar refractivity (Wildman–Crippen MR) is 122 cm³/mol. The second-order valence-corrected chi connectivity index (χ2v) is 7.99. The number of nitrogens with zero attached hydrogens (tertiary/aromatic N) is 1. The largest absolute Gasteiger partial charge is 0.492 e. The van der Waals surface area contributed by atoms with Crippen molar-refractivity contribution in [2.24, 2.45) is 0 Å². The molecule has 5 rings (SSSR count). The van der Waals surface area contributed by atoms with Gasteiger partial charge in [-0.25, -0.2) is 4.79 Å². The molecular weight excluding hydrogens is 422 g/mol. The minimum Gasteiger partial charge on any atom is -0.492 e. The van der Waals surface area contributed by atoms with Crippen molar-refractivity contribution in [2.45, 2.75) is 19.1 Å². The van der Waals surface area contributed by atoms with Crippen molar-refractivity contribution in [3.05, 3.63) is 77.9 Å². The third-order valence-corrected chi connectivity index (χ3v) is 5.85. The van der Waals surface area contributed by atoms with E-state index in [1.165, 1.54) is 0 Å². The smallest absolute Gasteiger partial charge is 0.369 e. The number of aliphatic carboxylic acids is 1. The Morgan fingerprint density at radius 3 is 2.24 bits per heavy atom. The van der Waals surface area contributed by atoms with Crippen LogP contribution in [0.25, 0.3) is 0 Å². The summed E-state index contributed by atoms with van der Waals surface area (Å²) >= 11 is 0. The summed E-state index contributed by atoms with van der Waals surface area (Å²) in [5, 5.41) is 9.78. The first kappa shape index (κ1) is 21.3. The molecule has 7 nitrogen and oxygen atoms in total. The van der Waals surface area contributed by atoms with Gasteiger partial charge in [0.2, 0.25) is 0 Å². The van der Waals surface area contributed by atoms with Crippen LogP contribution in [-0.4, -0.2) is 37.4 Å². The second-order valence-electron chi connectivity index (χ2n) is 7.99. The summed E-state index contributed by atoms with van der Waals surface area (Å²) in [5.74, 6) is -0.640. The number of hydrogen-bond donors (Lipinski definition) is 1. The Balaban J connectivity index is 1.32. The maximum atomic E-state index is 12.0. The molecule has 0 aromatic heterocycles. The Bertz CT molecular complexity index is 1130. The molecule has 1 N–H and O–H groups in total. The van der Waals surface area contributed by atoms with Gasteiger partial charge in [0, 0.05) is 5.56 Å². The molecule has 0 radical (unpaired) electrons. The number of rotatable bonds is 6. The van der Waals surface area contributed by atoms with Gasteiger partial charge in [0.1, 0.15) is 12.4 Å². The van der Waals surface area contributed by atoms with Crippen LogP contribution < -0.4 is 14.4 Å². The van der Waals surface area contributed by atoms with E-state index in [9.17, 15) is 9.90 Å². The van der Waals surface area contributed by atoms with E-state index in [2.05, 4.69) is 4.90 Å². The Labute approximate surface area is 192 Å². The van der Waals surface area contributed by atoms with Crippen LogP contribution in [-0.2, 0) is 20.1 Å². The zero-order chi connectivity index (χ0) is 22.8. The van der Waals surface area contributed by atoms with Gasteiger partial charge in [-0.1, -0.05) is 24.3 Å². The second kappa shape index (κ2) is 8.77. The van der Waals surface area contributed by atoms with E-state index in [4.69, 9.17) is 18.9 Å². The third-order valence-electron chi connectivity index (χ3n) is 5.85. The van der Waals surface area contributed by atoms with E-state index < -0.39 is 11.8 Å². The van der Waals surface area contributed by atoms with Crippen LogP contribution >= 0.6 is 0 Å². The molecule has 2 heterocycles. The number of aryl methyl sites for hydroxylation is 1. The van der Waals surface area contributed by atoms with E-state index in [-0.39, 0.29) is 0 Å². The van der Waals surface area contributed by atoms with Crippen molar-refractivity contribution in [1.29, 1.82) is 0 Å². The number of ether oxygens (including phenoxy) is 4. The third kappa shape index (κ3) is 3.90. The van der Waals surface area contributed by atoms with Gasteiger partial charge >= 0.3 is 5.97 Å². The zero-order valence-electron chi connectivity index (χ0n) is 18.3. The summed E-state index contributed by atoms with van der Waals surface area (Å²) < 4.78 is 23.2. The number of fused-ring (bicyclic) bond motifs is 2. The molecule has 0 atom stereocenters. The summed E-state index contributed by atoms with van der Waals surface area (Å²) in [6.07, 6.45) is 0.670. The molecule has 170 valence electrons. The van der Waals surface area contributed by atoms with Crippen LogP contribution in [0.1, 0.15) is 17.5 Å². The van der Waals surface area contributed by atoms with Gasteiger partial charge in [-0.2, -0.15) is 0 Å². The van der Waals surface area contributed by atoms with Crippen LogP contribution in [0, 0.1) is 6.92 Å². The number of hydrogen-bond acceptors (Lipinski definition) is 6. The van der Waals surface area contributed by atoms with Gasteiger partial charge in [-0.15, -0.1) is 0 Å². The van der Waals surface area contributed by atoms with E-state index in [0.717, 1.165) is 28.4 Å². The van der Waals surface area contributed by atoms with Crippen LogP contribution in [0.15, 0.2) is 66.7 Å². The minimum atomic E-state index is -1.76. The highest BCUT2D eigenvalue weighted by molar-refractivity contribution is 5.79. The molecule has 3 aromatic rings. The lowest BCUT2D eigenvalue weighted by molar-refractivity contribution is -0.273. The lowest BCUT2D eigenvalue weighted by Crippen LogP contribution is -2.45. The van der Waals surface area contributed by atoms with Crippen LogP contribution in [0.2, 0.25) is 0 Å². The van der Waals surface area contributed by atoms with E-state index >= 15 is 0 Å². The van der Waals surface area contributed by atoms with Gasteiger partial charge in [-0.3, -0.25) is 0 Å². The van der Waals surface area contributed by atoms with Crippen molar-refractivity contribution >= 4 is 17.3 Å². The standard InChI is InChI=1S/C26H25NO6/c1-18-17-19(11-12-20(18)26(25(28)29)31-14-6-15-32-26)30-16-13-27-21-7-2-4-9-23(21)33-24-10-5-3-8-22(24)27/h2-5,7-12,17H,6,13-16H2,1H3,(H,28,29). The normalized spacial score (nSPS) is 16.3. The Kier molecular flexibility index (Phi) is 5.66. The van der Waals surface area contributed by atoms with Crippen molar-refractivity contribution in [1.82, 2.24) is 0 Å². The highest BCUT2D eigenvalue weighted by atomic mass is 16.7. The Hall–Kier alpha value is -3.55. The molecule has 33 heavy (non-hydrogen) atoms. The van der Waals surface area contributed by atoms with E-state index in [0.29, 0.717) is 44.1 Å². The molecule has 2 aliphatic heterocycles. The molecule has 0 aliphatic carbocycles. The molecule has 0 bridgehead atoms. The summed E-state index contributed by atoms with van der Waals surface area (Å²) in [4.78, 5) is 14.1. The fraction of sp³-hybridized carbons (Fsp3) is 0.269. The van der Waals surface area contributed by atoms with Crippen molar-refractivity contribution < 1.29 is 28.8 Å². The van der Waals surface area contributed by atoms with Crippen LogP contribution in [0.4, 0.5) is 11.4 Å². The first-order valence-corrected chi connectivity index (χ1v) is 11.0. The molecular formula is C26H25NO6.